The molecule has 0 atom stereocenters. The Morgan fingerprint density at radius 2 is 1.63 bits per heavy atom. The number of hydrogen-bond donors (Lipinski definition) is 1. The Morgan fingerprint density at radius 1 is 0.971 bits per heavy atom. The van der Waals surface area contributed by atoms with E-state index in [0.717, 1.165) is 47.5 Å². The summed E-state index contributed by atoms with van der Waals surface area (Å²) in [5.41, 5.74) is 4.06. The molecule has 0 saturated heterocycles. The number of carbonyl (C=O) groups excluding carboxylic acids is 2. The second kappa shape index (κ2) is 12.5. The zero-order chi connectivity index (χ0) is 25.4. The molecule has 1 N–H and O–H groups in total. The van der Waals surface area contributed by atoms with Gasteiger partial charge in [0.1, 0.15) is 12.4 Å². The molecular weight excluding hydrogens is 436 g/mol. The molecule has 0 saturated carbocycles. The van der Waals surface area contributed by atoms with Crippen LogP contribution in [0.5, 0.6) is 0 Å². The summed E-state index contributed by atoms with van der Waals surface area (Å²) in [6.45, 7) is 13.0. The molecule has 0 aliphatic rings. The van der Waals surface area contributed by atoms with E-state index in [0.29, 0.717) is 31.2 Å². The van der Waals surface area contributed by atoms with Gasteiger partial charge in [-0.05, 0) is 48.4 Å². The largest absolute Gasteiger partial charge is 0.356 e. The van der Waals surface area contributed by atoms with Crippen LogP contribution in [0.3, 0.4) is 0 Å². The van der Waals surface area contributed by atoms with Crippen molar-refractivity contribution in [3.63, 3.8) is 0 Å². The number of para-hydroxylation sites is 2. The number of amides is 2. The van der Waals surface area contributed by atoms with Crippen molar-refractivity contribution in [1.29, 1.82) is 0 Å². The van der Waals surface area contributed by atoms with Crippen molar-refractivity contribution >= 4 is 22.8 Å². The van der Waals surface area contributed by atoms with E-state index < -0.39 is 0 Å². The molecule has 1 heterocycles. The standard InChI is InChI=1S/C29H40N4O2/c1-21(2)18-32(19-22(3)4)29(35)20-33-26-14-9-8-13-25(26)31-27(33)15-10-16-30-28(34)17-24-12-7-6-11-23(24)5/h6-9,11-14,21-22H,10,15-20H2,1-5H3,(H,30,34). The van der Waals surface area contributed by atoms with Crippen LogP contribution in [0.4, 0.5) is 0 Å². The number of nitrogens with zero attached hydrogens (tertiary/aromatic N) is 3. The lowest BCUT2D eigenvalue weighted by molar-refractivity contribution is -0.132. The molecule has 188 valence electrons. The lowest BCUT2D eigenvalue weighted by Gasteiger charge is -2.27. The predicted octanol–water partition coefficient (Wildman–Crippen LogP) is 4.78. The van der Waals surface area contributed by atoms with E-state index >= 15 is 0 Å². The van der Waals surface area contributed by atoms with E-state index in [2.05, 4.69) is 37.6 Å². The van der Waals surface area contributed by atoms with Crippen LogP contribution in [0, 0.1) is 18.8 Å². The molecule has 0 bridgehead atoms. The molecule has 2 aromatic carbocycles. The zero-order valence-corrected chi connectivity index (χ0v) is 21.9. The molecule has 0 aliphatic carbocycles. The van der Waals surface area contributed by atoms with Gasteiger partial charge >= 0.3 is 0 Å². The van der Waals surface area contributed by atoms with Gasteiger partial charge in [-0.2, -0.15) is 0 Å². The number of imidazole rings is 1. The molecule has 0 aliphatic heterocycles. The van der Waals surface area contributed by atoms with Crippen molar-refractivity contribution in [2.24, 2.45) is 11.8 Å². The van der Waals surface area contributed by atoms with Crippen LogP contribution in [0.1, 0.15) is 51.1 Å². The maximum atomic E-state index is 13.3. The average Bonchev–Trinajstić information content (AvgIpc) is 3.14. The number of aromatic nitrogens is 2. The molecule has 3 aromatic rings. The van der Waals surface area contributed by atoms with Gasteiger partial charge in [-0.3, -0.25) is 9.59 Å². The number of hydrogen-bond acceptors (Lipinski definition) is 3. The molecule has 0 fully saturated rings. The Hall–Kier alpha value is -3.15. The normalized spacial score (nSPS) is 11.4. The molecule has 3 rings (SSSR count). The van der Waals surface area contributed by atoms with Crippen LogP contribution >= 0.6 is 0 Å². The molecular formula is C29H40N4O2. The topological polar surface area (TPSA) is 67.2 Å². The van der Waals surface area contributed by atoms with Crippen molar-refractivity contribution in [1.82, 2.24) is 19.8 Å². The van der Waals surface area contributed by atoms with Crippen molar-refractivity contribution < 1.29 is 9.59 Å². The smallest absolute Gasteiger partial charge is 0.242 e. The third kappa shape index (κ3) is 7.67. The molecule has 2 amide bonds. The first kappa shape index (κ1) is 26.5. The van der Waals surface area contributed by atoms with Crippen LogP contribution < -0.4 is 5.32 Å². The SMILES string of the molecule is Cc1ccccc1CC(=O)NCCCc1nc2ccccc2n1CC(=O)N(CC(C)C)CC(C)C. The number of fused-ring (bicyclic) bond motifs is 1. The summed E-state index contributed by atoms with van der Waals surface area (Å²) in [7, 11) is 0. The van der Waals surface area contributed by atoms with E-state index in [4.69, 9.17) is 4.98 Å². The molecule has 35 heavy (non-hydrogen) atoms. The van der Waals surface area contributed by atoms with Crippen LogP contribution in [0.25, 0.3) is 11.0 Å². The number of aryl methyl sites for hydroxylation is 2. The molecule has 0 radical (unpaired) electrons. The second-order valence-corrected chi connectivity index (χ2v) is 10.2. The lowest BCUT2D eigenvalue weighted by Crippen LogP contribution is -2.39. The van der Waals surface area contributed by atoms with Gasteiger partial charge in [0, 0.05) is 26.1 Å². The highest BCUT2D eigenvalue weighted by Gasteiger charge is 2.20. The Kier molecular flexibility index (Phi) is 9.47. The number of nitrogens with one attached hydrogen (secondary N) is 1. The van der Waals surface area contributed by atoms with Gasteiger partial charge in [0.2, 0.25) is 11.8 Å². The zero-order valence-electron chi connectivity index (χ0n) is 21.9. The Balaban J connectivity index is 1.65. The van der Waals surface area contributed by atoms with Gasteiger partial charge in [-0.25, -0.2) is 4.98 Å². The third-order valence-electron chi connectivity index (χ3n) is 6.06. The van der Waals surface area contributed by atoms with Gasteiger partial charge in [0.15, 0.2) is 0 Å². The van der Waals surface area contributed by atoms with E-state index in [9.17, 15) is 9.59 Å². The minimum absolute atomic E-state index is 0.0287. The number of carbonyl (C=O) groups is 2. The summed E-state index contributed by atoms with van der Waals surface area (Å²) in [5, 5.41) is 3.03. The summed E-state index contributed by atoms with van der Waals surface area (Å²) in [5.74, 6) is 1.88. The minimum Gasteiger partial charge on any atom is -0.356 e. The van der Waals surface area contributed by atoms with Gasteiger partial charge < -0.3 is 14.8 Å². The third-order valence-corrected chi connectivity index (χ3v) is 6.06. The van der Waals surface area contributed by atoms with Crippen molar-refractivity contribution in [3.8, 4) is 0 Å². The molecule has 0 spiro atoms. The Labute approximate surface area is 209 Å². The summed E-state index contributed by atoms with van der Waals surface area (Å²) >= 11 is 0. The quantitative estimate of drug-likeness (QED) is 0.383. The number of rotatable bonds is 12. The first-order chi connectivity index (χ1) is 16.7. The van der Waals surface area contributed by atoms with E-state index in [1.807, 2.05) is 60.4 Å². The first-order valence-electron chi connectivity index (χ1n) is 12.8. The lowest BCUT2D eigenvalue weighted by atomic mass is 10.1. The van der Waals surface area contributed by atoms with Gasteiger partial charge in [0.05, 0.1) is 17.5 Å². The van der Waals surface area contributed by atoms with Crippen LogP contribution in [0.2, 0.25) is 0 Å². The van der Waals surface area contributed by atoms with E-state index in [1.165, 1.54) is 0 Å². The van der Waals surface area contributed by atoms with Crippen molar-refractivity contribution in [2.75, 3.05) is 19.6 Å². The first-order valence-corrected chi connectivity index (χ1v) is 12.8. The van der Waals surface area contributed by atoms with Crippen LogP contribution in [-0.4, -0.2) is 45.9 Å². The average molecular weight is 477 g/mol. The molecule has 6 nitrogen and oxygen atoms in total. The maximum Gasteiger partial charge on any atom is 0.242 e. The predicted molar refractivity (Wildman–Crippen MR) is 142 cm³/mol. The van der Waals surface area contributed by atoms with Crippen molar-refractivity contribution in [2.45, 2.75) is 60.4 Å². The summed E-state index contributed by atoms with van der Waals surface area (Å²) in [4.78, 5) is 32.5. The second-order valence-electron chi connectivity index (χ2n) is 10.2. The van der Waals surface area contributed by atoms with Gasteiger partial charge in [-0.1, -0.05) is 64.1 Å². The fourth-order valence-electron chi connectivity index (χ4n) is 4.41. The summed E-state index contributed by atoms with van der Waals surface area (Å²) in [6.07, 6.45) is 1.85. The van der Waals surface area contributed by atoms with Crippen LogP contribution in [0.15, 0.2) is 48.5 Å². The van der Waals surface area contributed by atoms with Crippen molar-refractivity contribution in [3.05, 3.63) is 65.5 Å². The fraction of sp³-hybridized carbons (Fsp3) is 0.483. The Bertz CT molecular complexity index is 1120. The number of benzene rings is 2. The fourth-order valence-corrected chi connectivity index (χ4v) is 4.41. The van der Waals surface area contributed by atoms with Gasteiger partial charge in [0.25, 0.3) is 0 Å². The highest BCUT2D eigenvalue weighted by atomic mass is 16.2. The monoisotopic (exact) mass is 476 g/mol. The van der Waals surface area contributed by atoms with E-state index in [1.54, 1.807) is 0 Å². The van der Waals surface area contributed by atoms with Gasteiger partial charge in [-0.15, -0.1) is 0 Å². The molecule has 0 unspecified atom stereocenters. The van der Waals surface area contributed by atoms with Crippen LogP contribution in [-0.2, 0) is 29.0 Å². The molecule has 6 heteroatoms. The summed E-state index contributed by atoms with van der Waals surface area (Å²) in [6, 6.07) is 15.9. The molecule has 1 aromatic heterocycles. The summed E-state index contributed by atoms with van der Waals surface area (Å²) < 4.78 is 2.06. The maximum absolute atomic E-state index is 13.3. The highest BCUT2D eigenvalue weighted by Crippen LogP contribution is 2.18. The Morgan fingerprint density at radius 3 is 2.31 bits per heavy atom. The highest BCUT2D eigenvalue weighted by molar-refractivity contribution is 5.81. The minimum atomic E-state index is 0.0287. The van der Waals surface area contributed by atoms with E-state index in [-0.39, 0.29) is 18.4 Å².